The summed E-state index contributed by atoms with van der Waals surface area (Å²) in [6, 6.07) is 0.0596. The van der Waals surface area contributed by atoms with Crippen molar-refractivity contribution in [2.24, 2.45) is 0 Å². The molecule has 0 aromatic carbocycles. The van der Waals surface area contributed by atoms with Crippen molar-refractivity contribution >= 4 is 6.03 Å². The summed E-state index contributed by atoms with van der Waals surface area (Å²) in [4.78, 5) is 12.8. The molecular formula is C7H10N2O2. The fraction of sp³-hybridized carbons (Fsp3) is 0.714. The molecule has 2 rings (SSSR count). The molecule has 60 valence electrons. The van der Waals surface area contributed by atoms with Crippen LogP contribution in [0.4, 0.5) is 4.79 Å². The van der Waals surface area contributed by atoms with Crippen LogP contribution in [0.15, 0.2) is 0 Å². The van der Waals surface area contributed by atoms with Crippen molar-refractivity contribution in [1.29, 1.82) is 0 Å². The van der Waals surface area contributed by atoms with Crippen molar-refractivity contribution in [3.8, 4) is 0 Å². The molecule has 0 aliphatic carbocycles. The lowest BCUT2D eigenvalue weighted by Gasteiger charge is -2.25. The summed E-state index contributed by atoms with van der Waals surface area (Å²) in [6.45, 7) is 1.35. The van der Waals surface area contributed by atoms with Gasteiger partial charge in [0.1, 0.15) is 0 Å². The van der Waals surface area contributed by atoms with Gasteiger partial charge in [-0.2, -0.15) is 0 Å². The van der Waals surface area contributed by atoms with Gasteiger partial charge < -0.3 is 15.0 Å². The van der Waals surface area contributed by atoms with E-state index in [2.05, 4.69) is 5.32 Å². The van der Waals surface area contributed by atoms with E-state index in [1.807, 2.05) is 0 Å². The van der Waals surface area contributed by atoms with Gasteiger partial charge in [-0.3, -0.25) is 0 Å². The summed E-state index contributed by atoms with van der Waals surface area (Å²) in [5.41, 5.74) is 0. The van der Waals surface area contributed by atoms with Gasteiger partial charge >= 0.3 is 6.03 Å². The first-order chi connectivity index (χ1) is 5.31. The van der Waals surface area contributed by atoms with Gasteiger partial charge in [-0.1, -0.05) is 0 Å². The Kier molecular flexibility index (Phi) is 1.49. The van der Waals surface area contributed by atoms with E-state index in [9.17, 15) is 4.79 Å². The van der Waals surface area contributed by atoms with Gasteiger partial charge in [-0.25, -0.2) is 4.79 Å². The van der Waals surface area contributed by atoms with Crippen molar-refractivity contribution in [3.63, 3.8) is 0 Å². The molecule has 0 spiro atoms. The number of ether oxygens (including phenoxy) is 1. The van der Waals surface area contributed by atoms with Crippen LogP contribution in [-0.2, 0) is 4.74 Å². The Morgan fingerprint density at radius 1 is 1.73 bits per heavy atom. The molecule has 2 fully saturated rings. The molecule has 1 N–H and O–H groups in total. The number of carbonyl (C=O) groups is 1. The van der Waals surface area contributed by atoms with Crippen LogP contribution in [-0.4, -0.2) is 36.2 Å². The van der Waals surface area contributed by atoms with Gasteiger partial charge in [-0.05, 0) is 6.42 Å². The molecule has 0 aromatic rings. The number of urea groups is 1. The molecule has 2 saturated heterocycles. The maximum Gasteiger partial charge on any atom is 0.318 e. The predicted molar refractivity (Wildman–Crippen MR) is 37.7 cm³/mol. The molecule has 0 aromatic heterocycles. The van der Waals surface area contributed by atoms with Crippen LogP contribution in [0.2, 0.25) is 0 Å². The molecule has 0 saturated carbocycles. The van der Waals surface area contributed by atoms with Gasteiger partial charge in [-0.15, -0.1) is 0 Å². The molecule has 11 heavy (non-hydrogen) atoms. The third-order valence-corrected chi connectivity index (χ3v) is 2.28. The van der Waals surface area contributed by atoms with Crippen LogP contribution >= 0.6 is 0 Å². The Morgan fingerprint density at radius 3 is 3.00 bits per heavy atom. The summed E-state index contributed by atoms with van der Waals surface area (Å²) >= 11 is 0. The first-order valence-electron chi connectivity index (χ1n) is 3.70. The highest BCUT2D eigenvalue weighted by atomic mass is 16.5. The number of carbonyl (C=O) groups excluding carboxylic acids is 1. The van der Waals surface area contributed by atoms with Crippen LogP contribution in [0.25, 0.3) is 0 Å². The van der Waals surface area contributed by atoms with Crippen molar-refractivity contribution in [3.05, 3.63) is 7.05 Å². The van der Waals surface area contributed by atoms with Gasteiger partial charge in [0.05, 0.1) is 25.8 Å². The first-order valence-corrected chi connectivity index (χ1v) is 3.70. The molecule has 4 heteroatoms. The Labute approximate surface area is 65.5 Å². The summed E-state index contributed by atoms with van der Waals surface area (Å²) in [6.07, 6.45) is 1.21. The summed E-state index contributed by atoms with van der Waals surface area (Å²) in [5, 5.41) is 2.12. The number of fused-ring (bicyclic) bond motifs is 2. The third-order valence-electron chi connectivity index (χ3n) is 2.28. The molecule has 2 heterocycles. The average molecular weight is 154 g/mol. The highest BCUT2D eigenvalue weighted by Crippen LogP contribution is 2.27. The Balaban J connectivity index is 2.02. The highest BCUT2D eigenvalue weighted by molar-refractivity contribution is 5.75. The highest BCUT2D eigenvalue weighted by Gasteiger charge is 2.41. The average Bonchev–Trinajstić information content (AvgIpc) is 2.62. The van der Waals surface area contributed by atoms with E-state index in [0.29, 0.717) is 13.2 Å². The van der Waals surface area contributed by atoms with Gasteiger partial charge in [0.15, 0.2) is 0 Å². The molecule has 4 nitrogen and oxygen atoms in total. The maximum atomic E-state index is 11.0. The predicted octanol–water partition coefficient (Wildman–Crippen LogP) is -0.162. The molecule has 2 unspecified atom stereocenters. The summed E-state index contributed by atoms with van der Waals surface area (Å²) in [7, 11) is 5.00. The number of amides is 2. The Hall–Kier alpha value is -0.770. The number of rotatable bonds is 0. The van der Waals surface area contributed by atoms with Crippen molar-refractivity contribution in [2.75, 3.05) is 13.2 Å². The SMILES string of the molecule is [CH]NC(=O)N1CC2CC1CO2. The van der Waals surface area contributed by atoms with Gasteiger partial charge in [0.2, 0.25) is 0 Å². The number of nitrogens with one attached hydrogen (secondary N) is 1. The number of morpholine rings is 1. The standard InChI is InChI=1S/C7H10N2O2/c1-8-7(10)9-3-6-2-5(9)4-11-6/h1,5-6H,2-4H2,(H,8,10). The zero-order valence-corrected chi connectivity index (χ0v) is 6.12. The molecular weight excluding hydrogens is 144 g/mol. The fourth-order valence-electron chi connectivity index (χ4n) is 1.73. The monoisotopic (exact) mass is 154 g/mol. The van der Waals surface area contributed by atoms with E-state index in [1.54, 1.807) is 4.90 Å². The lowest BCUT2D eigenvalue weighted by molar-refractivity contribution is 0.0452. The topological polar surface area (TPSA) is 41.6 Å². The number of hydrogen-bond acceptors (Lipinski definition) is 2. The third kappa shape index (κ3) is 0.976. The minimum Gasteiger partial charge on any atom is -0.374 e. The van der Waals surface area contributed by atoms with Crippen LogP contribution in [0.1, 0.15) is 6.42 Å². The normalized spacial score (nSPS) is 34.5. The van der Waals surface area contributed by atoms with Crippen molar-refractivity contribution in [2.45, 2.75) is 18.6 Å². The van der Waals surface area contributed by atoms with Crippen LogP contribution in [0, 0.1) is 7.05 Å². The van der Waals surface area contributed by atoms with E-state index >= 15 is 0 Å². The zero-order chi connectivity index (χ0) is 7.84. The van der Waals surface area contributed by atoms with Crippen molar-refractivity contribution < 1.29 is 9.53 Å². The van der Waals surface area contributed by atoms with E-state index in [0.717, 1.165) is 6.42 Å². The number of likely N-dealkylation sites (tertiary alicyclic amines) is 1. The first kappa shape index (κ1) is 6.91. The second kappa shape index (κ2) is 2.37. The molecule has 2 aliphatic rings. The van der Waals surface area contributed by atoms with E-state index in [4.69, 9.17) is 11.8 Å². The number of nitrogens with zero attached hydrogens (tertiary/aromatic N) is 1. The molecule has 2 atom stereocenters. The zero-order valence-electron chi connectivity index (χ0n) is 6.12. The van der Waals surface area contributed by atoms with Gasteiger partial charge in [0.25, 0.3) is 0 Å². The summed E-state index contributed by atoms with van der Waals surface area (Å²) in [5.74, 6) is 0. The molecule has 2 amide bonds. The Morgan fingerprint density at radius 2 is 2.55 bits per heavy atom. The van der Waals surface area contributed by atoms with Crippen LogP contribution in [0.5, 0.6) is 0 Å². The Bertz CT molecular complexity index is 183. The van der Waals surface area contributed by atoms with Crippen LogP contribution < -0.4 is 5.32 Å². The molecule has 2 bridgehead atoms. The quantitative estimate of drug-likeness (QED) is 0.492. The lowest BCUT2D eigenvalue weighted by atomic mass is 10.2. The lowest BCUT2D eigenvalue weighted by Crippen LogP contribution is -2.45. The second-order valence-corrected chi connectivity index (χ2v) is 2.95. The largest absolute Gasteiger partial charge is 0.374 e. The van der Waals surface area contributed by atoms with E-state index < -0.39 is 0 Å². The van der Waals surface area contributed by atoms with Gasteiger partial charge in [0, 0.05) is 6.54 Å². The molecule has 2 aliphatic heterocycles. The fourth-order valence-corrected chi connectivity index (χ4v) is 1.73. The maximum absolute atomic E-state index is 11.0. The number of hydrogen-bond donors (Lipinski definition) is 1. The second-order valence-electron chi connectivity index (χ2n) is 2.95. The van der Waals surface area contributed by atoms with E-state index in [-0.39, 0.29) is 18.2 Å². The summed E-state index contributed by atoms with van der Waals surface area (Å²) < 4.78 is 5.31. The smallest absolute Gasteiger partial charge is 0.318 e. The van der Waals surface area contributed by atoms with Crippen molar-refractivity contribution in [1.82, 2.24) is 10.2 Å². The molecule has 2 radical (unpaired) electrons. The van der Waals surface area contributed by atoms with Crippen LogP contribution in [0.3, 0.4) is 0 Å². The minimum atomic E-state index is -0.194. The minimum absolute atomic E-state index is 0.194. The van der Waals surface area contributed by atoms with E-state index in [1.165, 1.54) is 0 Å².